The molecule has 216 valence electrons. The number of ether oxygens (including phenoxy) is 1. The summed E-state index contributed by atoms with van der Waals surface area (Å²) in [6, 6.07) is 12.4. The minimum absolute atomic E-state index is 0.0663. The molecule has 5 rings (SSSR count). The Morgan fingerprint density at radius 1 is 0.732 bits per heavy atom. The Labute approximate surface area is 253 Å². The predicted molar refractivity (Wildman–Crippen MR) is 167 cm³/mol. The van der Waals surface area contributed by atoms with Gasteiger partial charge in [-0.25, -0.2) is 13.2 Å². The van der Waals surface area contributed by atoms with E-state index in [2.05, 4.69) is 38.8 Å². The molecule has 0 N–H and O–H groups in total. The Kier molecular flexibility index (Phi) is 9.89. The van der Waals surface area contributed by atoms with Gasteiger partial charge in [0.2, 0.25) is 5.82 Å². The lowest BCUT2D eigenvalue weighted by Gasteiger charge is -2.35. The van der Waals surface area contributed by atoms with Crippen LogP contribution in [-0.4, -0.2) is 7.11 Å². The fraction of sp³-hybridized carbons (Fsp3) is 0.371. The molecule has 1 fully saturated rings. The van der Waals surface area contributed by atoms with Crippen LogP contribution in [0.3, 0.4) is 0 Å². The van der Waals surface area contributed by atoms with E-state index in [9.17, 15) is 8.78 Å². The quantitative estimate of drug-likeness (QED) is 0.171. The second-order valence-electron chi connectivity index (χ2n) is 11.3. The largest absolute Gasteiger partial charge is 0.494 e. The first kappa shape index (κ1) is 29.9. The van der Waals surface area contributed by atoms with E-state index in [0.717, 1.165) is 36.7 Å². The molecular weight excluding hydrogens is 639 g/mol. The number of rotatable bonds is 8. The van der Waals surface area contributed by atoms with Gasteiger partial charge in [-0.15, -0.1) is 0 Å². The van der Waals surface area contributed by atoms with Crippen LogP contribution in [-0.2, 0) is 0 Å². The first-order valence-corrected chi connectivity index (χ1v) is 15.7. The highest BCUT2D eigenvalue weighted by Gasteiger charge is 2.29. The van der Waals surface area contributed by atoms with Gasteiger partial charge in [0, 0.05) is 16.7 Å². The average Bonchev–Trinajstić information content (AvgIpc) is 3.01. The Morgan fingerprint density at radius 3 is 1.90 bits per heavy atom. The van der Waals surface area contributed by atoms with Gasteiger partial charge in [-0.2, -0.15) is 4.39 Å². The van der Waals surface area contributed by atoms with Crippen LogP contribution in [0.25, 0.3) is 27.8 Å². The molecule has 1 atom stereocenters. The van der Waals surface area contributed by atoms with Crippen LogP contribution < -0.4 is 4.74 Å². The van der Waals surface area contributed by atoms with Crippen molar-refractivity contribution in [3.63, 3.8) is 0 Å². The molecule has 0 spiro atoms. The first-order chi connectivity index (χ1) is 19.9. The first-order valence-electron chi connectivity index (χ1n) is 14.5. The summed E-state index contributed by atoms with van der Waals surface area (Å²) >= 11 is 2.28. The zero-order valence-electron chi connectivity index (χ0n) is 23.2. The third-order valence-electron chi connectivity index (χ3n) is 9.04. The molecule has 0 heterocycles. The van der Waals surface area contributed by atoms with Crippen molar-refractivity contribution in [1.29, 1.82) is 0 Å². The van der Waals surface area contributed by atoms with Crippen molar-refractivity contribution in [3.8, 4) is 28.0 Å². The van der Waals surface area contributed by atoms with E-state index >= 15 is 8.78 Å². The van der Waals surface area contributed by atoms with Crippen molar-refractivity contribution in [1.82, 2.24) is 0 Å². The van der Waals surface area contributed by atoms with Crippen molar-refractivity contribution in [2.24, 2.45) is 17.8 Å². The Bertz CT molecular complexity index is 1420. The molecule has 2 aliphatic carbocycles. The number of halogens is 5. The normalized spacial score (nSPS) is 21.2. The predicted octanol–water partition coefficient (Wildman–Crippen LogP) is 11.3. The summed E-state index contributed by atoms with van der Waals surface area (Å²) in [5, 5.41) is 0. The highest BCUT2D eigenvalue weighted by molar-refractivity contribution is 14.1. The van der Waals surface area contributed by atoms with Crippen LogP contribution >= 0.6 is 22.6 Å². The molecule has 0 aliphatic heterocycles. The summed E-state index contributed by atoms with van der Waals surface area (Å²) in [7, 11) is 1.27. The molecule has 0 amide bonds. The maximum absolute atomic E-state index is 15.3. The van der Waals surface area contributed by atoms with Crippen LogP contribution in [0.1, 0.15) is 63.4 Å². The van der Waals surface area contributed by atoms with E-state index in [4.69, 9.17) is 4.74 Å². The zero-order chi connectivity index (χ0) is 28.9. The SMILES string of the molecule is COc1ccc(-c2ccc(-c3ccc(C4=CCC(C5CCC(CC/C=C/I)CC5)CC4)c(F)c3F)cc2)c(F)c1F. The van der Waals surface area contributed by atoms with Crippen molar-refractivity contribution in [2.75, 3.05) is 7.11 Å². The summed E-state index contributed by atoms with van der Waals surface area (Å²) in [4.78, 5) is 0. The topological polar surface area (TPSA) is 9.23 Å². The lowest BCUT2D eigenvalue weighted by atomic mass is 9.70. The highest BCUT2D eigenvalue weighted by atomic mass is 127. The lowest BCUT2D eigenvalue weighted by molar-refractivity contribution is 0.190. The smallest absolute Gasteiger partial charge is 0.201 e. The van der Waals surface area contributed by atoms with Gasteiger partial charge in [0.15, 0.2) is 23.2 Å². The third kappa shape index (κ3) is 6.58. The monoisotopic (exact) mass is 674 g/mol. The van der Waals surface area contributed by atoms with Crippen molar-refractivity contribution in [3.05, 3.63) is 93.6 Å². The van der Waals surface area contributed by atoms with E-state index in [1.54, 1.807) is 36.4 Å². The average molecular weight is 675 g/mol. The number of benzene rings is 3. The fourth-order valence-corrected chi connectivity index (χ4v) is 6.99. The molecule has 3 aromatic carbocycles. The molecule has 6 heteroatoms. The molecule has 0 aromatic heterocycles. The minimum atomic E-state index is -1.07. The maximum Gasteiger partial charge on any atom is 0.201 e. The molecule has 3 aromatic rings. The molecule has 1 nitrogen and oxygen atoms in total. The molecule has 0 saturated heterocycles. The van der Waals surface area contributed by atoms with Crippen molar-refractivity contribution in [2.45, 2.75) is 57.8 Å². The Morgan fingerprint density at radius 2 is 1.32 bits per heavy atom. The summed E-state index contributed by atoms with van der Waals surface area (Å²) in [6.07, 6.45) is 14.7. The summed E-state index contributed by atoms with van der Waals surface area (Å²) < 4.78 is 66.3. The summed E-state index contributed by atoms with van der Waals surface area (Å²) in [5.41, 5.74) is 2.31. The van der Waals surface area contributed by atoms with Crippen LogP contribution in [0.4, 0.5) is 17.6 Å². The van der Waals surface area contributed by atoms with Gasteiger partial charge < -0.3 is 4.74 Å². The lowest BCUT2D eigenvalue weighted by Crippen LogP contribution is -2.23. The standard InChI is InChI=1S/C35H35F4IO/c1-41-31-20-19-30(34(38)35(31)39)27-15-13-26(14-16-27)29-18-17-28(32(36)33(29)37)25-11-9-24(10-12-25)23-7-5-22(6-8-23)4-2-3-21-40/h3,11,13-24H,2,4-10,12H2,1H3/b21-3+. The molecular formula is C35H35F4IO. The van der Waals surface area contributed by atoms with Crippen LogP contribution in [0.15, 0.2) is 64.8 Å². The van der Waals surface area contributed by atoms with Crippen LogP contribution in [0.5, 0.6) is 5.75 Å². The van der Waals surface area contributed by atoms with E-state index < -0.39 is 23.3 Å². The van der Waals surface area contributed by atoms with Gasteiger partial charge in [-0.1, -0.05) is 84.0 Å². The third-order valence-corrected chi connectivity index (χ3v) is 9.55. The van der Waals surface area contributed by atoms with E-state index in [-0.39, 0.29) is 16.9 Å². The second-order valence-corrected chi connectivity index (χ2v) is 12.0. The molecule has 2 aliphatic rings. The second kappa shape index (κ2) is 13.6. The van der Waals surface area contributed by atoms with Crippen molar-refractivity contribution < 1.29 is 22.3 Å². The van der Waals surface area contributed by atoms with E-state index in [1.807, 2.05) is 0 Å². The van der Waals surface area contributed by atoms with Gasteiger partial charge >= 0.3 is 0 Å². The molecule has 0 bridgehead atoms. The molecule has 1 saturated carbocycles. The maximum atomic E-state index is 15.3. The number of hydrogen-bond acceptors (Lipinski definition) is 1. The van der Waals surface area contributed by atoms with Crippen LogP contribution in [0.2, 0.25) is 0 Å². The fourth-order valence-electron chi connectivity index (χ4n) is 6.63. The highest BCUT2D eigenvalue weighted by Crippen LogP contribution is 2.43. The molecule has 1 unspecified atom stereocenters. The van der Waals surface area contributed by atoms with Gasteiger partial charge in [-0.05, 0) is 95.6 Å². The summed E-state index contributed by atoms with van der Waals surface area (Å²) in [6.45, 7) is 0. The summed E-state index contributed by atoms with van der Waals surface area (Å²) in [5.74, 6) is -1.79. The Hall–Kier alpha value is -2.61. The van der Waals surface area contributed by atoms with Gasteiger partial charge in [-0.3, -0.25) is 0 Å². The van der Waals surface area contributed by atoms with E-state index in [1.165, 1.54) is 57.8 Å². The Balaban J connectivity index is 1.25. The van der Waals surface area contributed by atoms with Gasteiger partial charge in [0.25, 0.3) is 0 Å². The zero-order valence-corrected chi connectivity index (χ0v) is 25.4. The molecule has 0 radical (unpaired) electrons. The van der Waals surface area contributed by atoms with Gasteiger partial charge in [0.05, 0.1) is 7.11 Å². The number of allylic oxidation sites excluding steroid dienone is 3. The minimum Gasteiger partial charge on any atom is -0.494 e. The number of methoxy groups -OCH3 is 1. The molecule has 41 heavy (non-hydrogen) atoms. The van der Waals surface area contributed by atoms with Crippen LogP contribution in [0, 0.1) is 41.0 Å². The number of hydrogen-bond donors (Lipinski definition) is 0. The van der Waals surface area contributed by atoms with E-state index in [0.29, 0.717) is 22.6 Å². The van der Waals surface area contributed by atoms with Gasteiger partial charge in [0.1, 0.15) is 0 Å². The van der Waals surface area contributed by atoms with Crippen molar-refractivity contribution >= 4 is 28.2 Å².